The van der Waals surface area contributed by atoms with Crippen LogP contribution in [0.3, 0.4) is 0 Å². The highest BCUT2D eigenvalue weighted by atomic mass is 16.3. The third-order valence-electron chi connectivity index (χ3n) is 4.62. The Hall–Kier alpha value is -3.24. The summed E-state index contributed by atoms with van der Waals surface area (Å²) >= 11 is 0. The maximum atomic E-state index is 10.2. The van der Waals surface area contributed by atoms with Crippen molar-refractivity contribution < 1.29 is 5.11 Å². The summed E-state index contributed by atoms with van der Waals surface area (Å²) in [5, 5.41) is 26.6. The number of hydrogen-bond acceptors (Lipinski definition) is 6. The smallest absolute Gasteiger partial charge is 0.181 e. The number of H-pyrrole nitrogens is 1. The van der Waals surface area contributed by atoms with E-state index in [-0.39, 0.29) is 6.04 Å². The van der Waals surface area contributed by atoms with Crippen LogP contribution < -0.4 is 4.90 Å². The molecule has 1 aromatic carbocycles. The van der Waals surface area contributed by atoms with Crippen molar-refractivity contribution in [3.63, 3.8) is 0 Å². The number of aromatic amines is 1. The minimum atomic E-state index is -0.469. The average Bonchev–Trinajstić information content (AvgIpc) is 3.29. The molecule has 0 saturated carbocycles. The number of anilines is 1. The topological polar surface area (TPSA) is 102 Å². The summed E-state index contributed by atoms with van der Waals surface area (Å²) in [5.41, 5.74) is 2.16. The Labute approximate surface area is 151 Å². The Morgan fingerprint density at radius 1 is 1.19 bits per heavy atom. The summed E-state index contributed by atoms with van der Waals surface area (Å²) in [7, 11) is 0. The predicted molar refractivity (Wildman–Crippen MR) is 96.2 cm³/mol. The molecule has 2 aromatic heterocycles. The molecule has 1 saturated heterocycles. The van der Waals surface area contributed by atoms with E-state index in [0.29, 0.717) is 35.9 Å². The van der Waals surface area contributed by atoms with Gasteiger partial charge >= 0.3 is 0 Å². The number of benzene rings is 1. The molecule has 2 atom stereocenters. The van der Waals surface area contributed by atoms with E-state index in [1.807, 2.05) is 48.2 Å². The lowest BCUT2D eigenvalue weighted by Gasteiger charge is -2.24. The third kappa shape index (κ3) is 2.91. The standard InChI is InChI=1S/C19H18N6O/c1-12-14(10-20)7-8-17(21-12)25-11-15(26)9-16(25)19-22-18(23-24-19)13-5-3-2-4-6-13/h2-8,15-16,26H,9,11H2,1H3,(H,22,23,24)/t15-,16+/m1/s1. The molecule has 1 aliphatic rings. The number of nitrogens with one attached hydrogen (secondary N) is 1. The van der Waals surface area contributed by atoms with Crippen molar-refractivity contribution in [2.24, 2.45) is 0 Å². The summed E-state index contributed by atoms with van der Waals surface area (Å²) in [6.07, 6.45) is 0.0764. The molecule has 2 N–H and O–H groups in total. The highest BCUT2D eigenvalue weighted by Crippen LogP contribution is 2.34. The largest absolute Gasteiger partial charge is 0.391 e. The molecule has 0 unspecified atom stereocenters. The van der Waals surface area contributed by atoms with Gasteiger partial charge in [-0.05, 0) is 19.1 Å². The number of hydrogen-bond donors (Lipinski definition) is 2. The zero-order chi connectivity index (χ0) is 18.1. The average molecular weight is 346 g/mol. The fourth-order valence-corrected chi connectivity index (χ4v) is 3.29. The van der Waals surface area contributed by atoms with Gasteiger partial charge in [-0.25, -0.2) is 9.97 Å². The van der Waals surface area contributed by atoms with Crippen LogP contribution in [-0.4, -0.2) is 37.9 Å². The zero-order valence-corrected chi connectivity index (χ0v) is 14.3. The number of aryl methyl sites for hydroxylation is 1. The van der Waals surface area contributed by atoms with Gasteiger partial charge < -0.3 is 10.0 Å². The van der Waals surface area contributed by atoms with Crippen LogP contribution in [0, 0.1) is 18.3 Å². The molecule has 3 aromatic rings. The third-order valence-corrected chi connectivity index (χ3v) is 4.62. The van der Waals surface area contributed by atoms with Crippen LogP contribution in [0.1, 0.15) is 29.5 Å². The molecule has 1 aliphatic heterocycles. The van der Waals surface area contributed by atoms with E-state index in [2.05, 4.69) is 26.2 Å². The van der Waals surface area contributed by atoms with Crippen molar-refractivity contribution in [2.45, 2.75) is 25.5 Å². The molecule has 0 radical (unpaired) electrons. The number of nitriles is 1. The first kappa shape index (κ1) is 16.2. The van der Waals surface area contributed by atoms with Crippen LogP contribution in [0.4, 0.5) is 5.82 Å². The molecule has 26 heavy (non-hydrogen) atoms. The van der Waals surface area contributed by atoms with Crippen molar-refractivity contribution in [1.82, 2.24) is 20.2 Å². The second kappa shape index (κ2) is 6.58. The zero-order valence-electron chi connectivity index (χ0n) is 14.3. The highest BCUT2D eigenvalue weighted by Gasteiger charge is 2.35. The van der Waals surface area contributed by atoms with Gasteiger partial charge in [0.25, 0.3) is 0 Å². The highest BCUT2D eigenvalue weighted by molar-refractivity contribution is 5.54. The normalized spacial score (nSPS) is 19.5. The van der Waals surface area contributed by atoms with E-state index in [9.17, 15) is 5.11 Å². The Balaban J connectivity index is 1.66. The second-order valence-electron chi connectivity index (χ2n) is 6.38. The minimum absolute atomic E-state index is 0.144. The monoisotopic (exact) mass is 346 g/mol. The van der Waals surface area contributed by atoms with Crippen LogP contribution in [0.2, 0.25) is 0 Å². The summed E-state index contributed by atoms with van der Waals surface area (Å²) in [5.74, 6) is 2.05. The van der Waals surface area contributed by atoms with Crippen LogP contribution in [0.15, 0.2) is 42.5 Å². The van der Waals surface area contributed by atoms with Crippen LogP contribution in [-0.2, 0) is 0 Å². The Bertz CT molecular complexity index is 962. The van der Waals surface area contributed by atoms with Crippen molar-refractivity contribution >= 4 is 5.82 Å². The molecule has 0 bridgehead atoms. The number of β-amino-alcohol motifs (C(OH)–C–C–N with tert-alkyl or cyclic N) is 1. The lowest BCUT2D eigenvalue weighted by atomic mass is 10.1. The number of aliphatic hydroxyl groups excluding tert-OH is 1. The molecule has 7 nitrogen and oxygen atoms in total. The summed E-state index contributed by atoms with van der Waals surface area (Å²) < 4.78 is 0. The first-order valence-electron chi connectivity index (χ1n) is 8.46. The van der Waals surface area contributed by atoms with Gasteiger partial charge in [0, 0.05) is 18.5 Å². The van der Waals surface area contributed by atoms with E-state index in [1.165, 1.54) is 0 Å². The van der Waals surface area contributed by atoms with Crippen molar-refractivity contribution in [3.8, 4) is 17.5 Å². The van der Waals surface area contributed by atoms with Gasteiger partial charge in [-0.2, -0.15) is 10.4 Å². The quantitative estimate of drug-likeness (QED) is 0.755. The van der Waals surface area contributed by atoms with Crippen LogP contribution in [0.5, 0.6) is 0 Å². The maximum Gasteiger partial charge on any atom is 0.181 e. The van der Waals surface area contributed by atoms with Crippen LogP contribution >= 0.6 is 0 Å². The van der Waals surface area contributed by atoms with E-state index >= 15 is 0 Å². The van der Waals surface area contributed by atoms with Gasteiger partial charge in [0.1, 0.15) is 17.7 Å². The fraction of sp³-hybridized carbons (Fsp3) is 0.263. The van der Waals surface area contributed by atoms with Gasteiger partial charge in [-0.3, -0.25) is 5.10 Å². The number of pyridine rings is 1. The number of rotatable bonds is 3. The molecular formula is C19H18N6O. The molecule has 0 spiro atoms. The maximum absolute atomic E-state index is 10.2. The molecule has 4 rings (SSSR count). The number of aliphatic hydroxyl groups is 1. The van der Waals surface area contributed by atoms with Crippen LogP contribution in [0.25, 0.3) is 11.4 Å². The lowest BCUT2D eigenvalue weighted by molar-refractivity contribution is 0.194. The minimum Gasteiger partial charge on any atom is -0.391 e. The molecule has 3 heterocycles. The summed E-state index contributed by atoms with van der Waals surface area (Å²) in [4.78, 5) is 11.2. The Morgan fingerprint density at radius 3 is 2.73 bits per heavy atom. The molecule has 0 aliphatic carbocycles. The van der Waals surface area contributed by atoms with E-state index in [4.69, 9.17) is 5.26 Å². The van der Waals surface area contributed by atoms with Gasteiger partial charge in [-0.1, -0.05) is 30.3 Å². The van der Waals surface area contributed by atoms with E-state index < -0.39 is 6.10 Å². The van der Waals surface area contributed by atoms with E-state index in [1.54, 1.807) is 6.07 Å². The lowest BCUT2D eigenvalue weighted by Crippen LogP contribution is -2.26. The summed E-state index contributed by atoms with van der Waals surface area (Å²) in [6.45, 7) is 2.27. The van der Waals surface area contributed by atoms with Crippen molar-refractivity contribution in [2.75, 3.05) is 11.4 Å². The SMILES string of the molecule is Cc1nc(N2C[C@H](O)C[C@H]2c2nc(-c3ccccc3)n[nH]2)ccc1C#N. The van der Waals surface area contributed by atoms with Gasteiger partial charge in [0.15, 0.2) is 5.82 Å². The molecule has 0 amide bonds. The van der Waals surface area contributed by atoms with Gasteiger partial charge in [-0.15, -0.1) is 0 Å². The Kier molecular flexibility index (Phi) is 4.11. The fourth-order valence-electron chi connectivity index (χ4n) is 3.29. The molecule has 7 heteroatoms. The van der Waals surface area contributed by atoms with Gasteiger partial charge in [0.05, 0.1) is 23.4 Å². The Morgan fingerprint density at radius 2 is 2.00 bits per heavy atom. The van der Waals surface area contributed by atoms with Crippen molar-refractivity contribution in [3.05, 3.63) is 59.5 Å². The number of nitrogens with zero attached hydrogens (tertiary/aromatic N) is 5. The first-order chi connectivity index (χ1) is 12.7. The van der Waals surface area contributed by atoms with Gasteiger partial charge in [0.2, 0.25) is 0 Å². The molecular weight excluding hydrogens is 328 g/mol. The first-order valence-corrected chi connectivity index (χ1v) is 8.46. The summed E-state index contributed by atoms with van der Waals surface area (Å²) in [6, 6.07) is 15.3. The van der Waals surface area contributed by atoms with E-state index in [0.717, 1.165) is 11.4 Å². The molecule has 130 valence electrons. The van der Waals surface area contributed by atoms with Crippen molar-refractivity contribution in [1.29, 1.82) is 5.26 Å². The molecule has 1 fully saturated rings. The second-order valence-corrected chi connectivity index (χ2v) is 6.38. The number of aromatic nitrogens is 4. The predicted octanol–water partition coefficient (Wildman–Crippen LogP) is 2.36.